The van der Waals surface area contributed by atoms with Crippen LogP contribution in [0, 0.1) is 0 Å². The summed E-state index contributed by atoms with van der Waals surface area (Å²) in [5, 5.41) is 34.7. The van der Waals surface area contributed by atoms with Crippen molar-refractivity contribution >= 4 is 12.2 Å². The highest BCUT2D eigenvalue weighted by Gasteiger charge is 2.02. The molecular formula is C28H26N2O6. The van der Waals surface area contributed by atoms with Gasteiger partial charge >= 0.3 is 0 Å². The second-order valence-corrected chi connectivity index (χ2v) is 7.16. The molecule has 0 saturated carbocycles. The van der Waals surface area contributed by atoms with E-state index < -0.39 is 0 Å². The van der Waals surface area contributed by atoms with Crippen molar-refractivity contribution in [2.45, 2.75) is 0 Å². The average Bonchev–Trinajstić information content (AvgIpc) is 2.93. The lowest BCUT2D eigenvalue weighted by atomic mass is 10.2. The molecule has 0 atom stereocenters. The van der Waals surface area contributed by atoms with E-state index in [4.69, 9.17) is 30.1 Å². The summed E-state index contributed by atoms with van der Waals surface area (Å²) in [6.45, 7) is 0. The van der Waals surface area contributed by atoms with Crippen LogP contribution in [0.4, 0.5) is 0 Å². The Morgan fingerprint density at radius 2 is 0.722 bits per heavy atom. The van der Waals surface area contributed by atoms with Crippen molar-refractivity contribution in [3.8, 4) is 34.5 Å². The summed E-state index contributed by atoms with van der Waals surface area (Å²) < 4.78 is 0. The molecule has 2 aliphatic heterocycles. The smallest absolute Gasteiger partial charge is 0.162 e. The Hall–Kier alpha value is -5.24. The van der Waals surface area contributed by atoms with Gasteiger partial charge in [0.15, 0.2) is 34.5 Å². The first-order valence-electron chi connectivity index (χ1n) is 10.8. The third-order valence-corrected chi connectivity index (χ3v) is 4.60. The molecular weight excluding hydrogens is 460 g/mol. The minimum atomic E-state index is -0.0764. The molecule has 4 aromatic carbocycles. The first-order valence-corrected chi connectivity index (χ1v) is 10.8. The maximum Gasteiger partial charge on any atom is 0.162 e. The topological polar surface area (TPSA) is 123 Å². The van der Waals surface area contributed by atoms with E-state index >= 15 is 0 Å². The van der Waals surface area contributed by atoms with Crippen molar-refractivity contribution in [3.05, 3.63) is 121 Å². The summed E-state index contributed by atoms with van der Waals surface area (Å²) >= 11 is 0. The van der Waals surface area contributed by atoms with E-state index in [0.29, 0.717) is 0 Å². The Kier molecular flexibility index (Phi) is 9.49. The van der Waals surface area contributed by atoms with Crippen molar-refractivity contribution in [3.63, 3.8) is 0 Å². The monoisotopic (exact) mass is 486 g/mol. The number of aromatic hydroxyl groups is 4. The van der Waals surface area contributed by atoms with Crippen LogP contribution in [0.15, 0.2) is 109 Å². The SMILES string of the molecule is C1=Cc2ccccc2ON1.C1=Cc2ccccc2ON1.Oc1ccccc1O.Oc1ccccc1O. The molecule has 2 heterocycles. The molecule has 0 amide bonds. The number of hydrogen-bond acceptors (Lipinski definition) is 8. The van der Waals surface area contributed by atoms with Crippen LogP contribution in [0.3, 0.4) is 0 Å². The number of benzene rings is 4. The van der Waals surface area contributed by atoms with Gasteiger partial charge in [-0.1, -0.05) is 60.7 Å². The fourth-order valence-electron chi connectivity index (χ4n) is 2.79. The third-order valence-electron chi connectivity index (χ3n) is 4.60. The predicted molar refractivity (Wildman–Crippen MR) is 138 cm³/mol. The lowest BCUT2D eigenvalue weighted by molar-refractivity contribution is 0.239. The van der Waals surface area contributed by atoms with E-state index in [9.17, 15) is 0 Å². The van der Waals surface area contributed by atoms with Gasteiger partial charge in [0.25, 0.3) is 0 Å². The summed E-state index contributed by atoms with van der Waals surface area (Å²) in [5.74, 6) is 1.45. The van der Waals surface area contributed by atoms with Crippen molar-refractivity contribution in [1.82, 2.24) is 11.0 Å². The third kappa shape index (κ3) is 7.96. The fraction of sp³-hybridized carbons (Fsp3) is 0. The van der Waals surface area contributed by atoms with E-state index in [1.54, 1.807) is 36.7 Å². The number of para-hydroxylation sites is 6. The van der Waals surface area contributed by atoms with Gasteiger partial charge in [0.1, 0.15) is 0 Å². The van der Waals surface area contributed by atoms with Crippen molar-refractivity contribution in [2.24, 2.45) is 0 Å². The minimum Gasteiger partial charge on any atom is -0.504 e. The second-order valence-electron chi connectivity index (χ2n) is 7.16. The van der Waals surface area contributed by atoms with Gasteiger partial charge in [-0.2, -0.15) is 0 Å². The van der Waals surface area contributed by atoms with Crippen LogP contribution < -0.4 is 20.6 Å². The minimum absolute atomic E-state index is 0.0764. The predicted octanol–water partition coefficient (Wildman–Crippen LogP) is 5.30. The Bertz CT molecular complexity index is 1160. The second kappa shape index (κ2) is 13.5. The highest BCUT2D eigenvalue weighted by atomic mass is 16.6. The van der Waals surface area contributed by atoms with E-state index in [1.807, 2.05) is 60.7 Å². The van der Waals surface area contributed by atoms with Gasteiger partial charge in [0, 0.05) is 23.5 Å². The molecule has 2 aliphatic rings. The normalized spacial score (nSPS) is 11.3. The van der Waals surface area contributed by atoms with Crippen molar-refractivity contribution in [1.29, 1.82) is 0 Å². The number of hydroxylamine groups is 2. The summed E-state index contributed by atoms with van der Waals surface area (Å²) in [4.78, 5) is 10.2. The van der Waals surface area contributed by atoms with Gasteiger partial charge in [-0.05, 0) is 48.6 Å². The maximum atomic E-state index is 8.67. The summed E-state index contributed by atoms with van der Waals surface area (Å²) in [5.41, 5.74) is 7.55. The van der Waals surface area contributed by atoms with Gasteiger partial charge in [-0.15, -0.1) is 0 Å². The van der Waals surface area contributed by atoms with E-state index in [2.05, 4.69) is 11.0 Å². The van der Waals surface area contributed by atoms with Crippen LogP contribution >= 0.6 is 0 Å². The largest absolute Gasteiger partial charge is 0.504 e. The van der Waals surface area contributed by atoms with Gasteiger partial charge in [-0.25, -0.2) is 11.0 Å². The quantitative estimate of drug-likeness (QED) is 0.185. The standard InChI is InChI=1S/2C8H7NO.2C6H6O2/c2*1-2-4-8-7(3-1)5-6-9-10-8;2*7-5-3-1-2-4-6(5)8/h2*1-6,9H;2*1-4,7-8H. The van der Waals surface area contributed by atoms with E-state index in [1.165, 1.54) is 24.3 Å². The molecule has 0 aromatic heterocycles. The number of nitrogens with one attached hydrogen (secondary N) is 2. The fourth-order valence-corrected chi connectivity index (χ4v) is 2.79. The Morgan fingerprint density at radius 3 is 1.03 bits per heavy atom. The number of fused-ring (bicyclic) bond motifs is 2. The van der Waals surface area contributed by atoms with Crippen LogP contribution in [-0.4, -0.2) is 20.4 Å². The molecule has 6 rings (SSSR count). The number of phenols is 4. The molecule has 8 heteroatoms. The molecule has 4 aromatic rings. The van der Waals surface area contributed by atoms with Crippen molar-refractivity contribution < 1.29 is 30.1 Å². The first kappa shape index (κ1) is 25.4. The number of phenolic OH excluding ortho intramolecular Hbond substituents is 4. The maximum absolute atomic E-state index is 8.67. The van der Waals surface area contributed by atoms with Crippen LogP contribution in [0.5, 0.6) is 34.5 Å². The van der Waals surface area contributed by atoms with Crippen LogP contribution in [0.2, 0.25) is 0 Å². The van der Waals surface area contributed by atoms with Crippen molar-refractivity contribution in [2.75, 3.05) is 0 Å². The van der Waals surface area contributed by atoms with E-state index in [0.717, 1.165) is 22.6 Å². The van der Waals surface area contributed by atoms with E-state index in [-0.39, 0.29) is 23.0 Å². The van der Waals surface area contributed by atoms with Crippen LogP contribution in [-0.2, 0) is 0 Å². The Morgan fingerprint density at radius 1 is 0.417 bits per heavy atom. The zero-order valence-electron chi connectivity index (χ0n) is 19.2. The molecule has 0 aliphatic carbocycles. The molecule has 0 saturated heterocycles. The zero-order valence-corrected chi connectivity index (χ0v) is 19.2. The zero-order chi connectivity index (χ0) is 25.6. The molecule has 0 unspecified atom stereocenters. The summed E-state index contributed by atoms with van der Waals surface area (Å²) in [6.07, 6.45) is 7.47. The van der Waals surface area contributed by atoms with Crippen LogP contribution in [0.25, 0.3) is 12.2 Å². The summed E-state index contributed by atoms with van der Waals surface area (Å²) in [6, 6.07) is 28.0. The molecule has 36 heavy (non-hydrogen) atoms. The molecule has 184 valence electrons. The highest BCUT2D eigenvalue weighted by molar-refractivity contribution is 5.58. The molecule has 0 bridgehead atoms. The van der Waals surface area contributed by atoms with Gasteiger partial charge < -0.3 is 30.1 Å². The number of rotatable bonds is 0. The lowest BCUT2D eigenvalue weighted by Crippen LogP contribution is -2.13. The molecule has 6 N–H and O–H groups in total. The average molecular weight is 487 g/mol. The van der Waals surface area contributed by atoms with Gasteiger partial charge in [0.2, 0.25) is 0 Å². The molecule has 8 nitrogen and oxygen atoms in total. The van der Waals surface area contributed by atoms with Crippen LogP contribution in [0.1, 0.15) is 11.1 Å². The van der Waals surface area contributed by atoms with Gasteiger partial charge in [-0.3, -0.25) is 0 Å². The summed E-state index contributed by atoms with van der Waals surface area (Å²) in [7, 11) is 0. The van der Waals surface area contributed by atoms with Gasteiger partial charge in [0.05, 0.1) is 0 Å². The Balaban J connectivity index is 0.000000135. The number of hydrogen-bond donors (Lipinski definition) is 6. The molecule has 0 fully saturated rings. The Labute approximate surface area is 208 Å². The molecule has 0 radical (unpaired) electrons. The highest BCUT2D eigenvalue weighted by Crippen LogP contribution is 2.23. The molecule has 0 spiro atoms. The first-order chi connectivity index (χ1) is 17.5. The lowest BCUT2D eigenvalue weighted by Gasteiger charge is -2.11.